The molecular weight excluding hydrogens is 346 g/mol. The van der Waals surface area contributed by atoms with Crippen molar-refractivity contribution in [1.82, 2.24) is 4.90 Å². The topological polar surface area (TPSA) is 20.3 Å². The molecule has 0 radical (unpaired) electrons. The minimum Gasteiger partial charge on any atom is -0.302 e. The molecule has 1 aliphatic heterocycles. The Kier molecular flexibility index (Phi) is 6.20. The van der Waals surface area contributed by atoms with Gasteiger partial charge in [-0.1, -0.05) is 27.5 Å². The van der Waals surface area contributed by atoms with Crippen LogP contribution in [0.25, 0.3) is 0 Å². The van der Waals surface area contributed by atoms with E-state index >= 15 is 0 Å². The van der Waals surface area contributed by atoms with Gasteiger partial charge in [0.15, 0.2) is 5.78 Å². The SMILES string of the molecule is O=C(CCN1CCCSCC1)c1ccc(Br)cc1Cl. The second kappa shape index (κ2) is 7.67. The molecule has 0 atom stereocenters. The zero-order valence-corrected chi connectivity index (χ0v) is 13.9. The number of rotatable bonds is 4. The fourth-order valence-electron chi connectivity index (χ4n) is 2.13. The van der Waals surface area contributed by atoms with Crippen LogP contribution in [0, 0.1) is 0 Å². The number of hydrogen-bond donors (Lipinski definition) is 0. The third-order valence-corrected chi connectivity index (χ3v) is 5.06. The molecule has 0 aromatic heterocycles. The zero-order chi connectivity index (χ0) is 13.7. The summed E-state index contributed by atoms with van der Waals surface area (Å²) in [5.74, 6) is 2.55. The Balaban J connectivity index is 1.89. The van der Waals surface area contributed by atoms with Gasteiger partial charge in [-0.15, -0.1) is 0 Å². The summed E-state index contributed by atoms with van der Waals surface area (Å²) in [5, 5.41) is 0.533. The Morgan fingerprint density at radius 1 is 1.37 bits per heavy atom. The van der Waals surface area contributed by atoms with Crippen LogP contribution in [0.3, 0.4) is 0 Å². The Morgan fingerprint density at radius 3 is 3.00 bits per heavy atom. The largest absolute Gasteiger partial charge is 0.302 e. The van der Waals surface area contributed by atoms with E-state index in [-0.39, 0.29) is 5.78 Å². The lowest BCUT2D eigenvalue weighted by Crippen LogP contribution is -2.28. The number of hydrogen-bond acceptors (Lipinski definition) is 3. The highest BCUT2D eigenvalue weighted by Gasteiger charge is 2.14. The van der Waals surface area contributed by atoms with E-state index in [1.54, 1.807) is 12.1 Å². The standard InChI is InChI=1S/C14H17BrClNOS/c15-11-2-3-12(13(16)10-11)14(18)4-6-17-5-1-8-19-9-7-17/h2-3,10H,1,4-9H2. The first-order valence-corrected chi connectivity index (χ1v) is 8.78. The molecular formula is C14H17BrClNOS. The minimum absolute atomic E-state index is 0.134. The van der Waals surface area contributed by atoms with Gasteiger partial charge in [-0.2, -0.15) is 11.8 Å². The van der Waals surface area contributed by atoms with Crippen LogP contribution in [0.5, 0.6) is 0 Å². The van der Waals surface area contributed by atoms with Crippen LogP contribution >= 0.6 is 39.3 Å². The van der Waals surface area contributed by atoms with Crippen molar-refractivity contribution in [1.29, 1.82) is 0 Å². The second-order valence-electron chi connectivity index (χ2n) is 4.60. The molecule has 1 fully saturated rings. The van der Waals surface area contributed by atoms with Crippen LogP contribution in [0.1, 0.15) is 23.2 Å². The number of Topliss-reactive ketones (excluding diaryl/α,β-unsaturated/α-hetero) is 1. The summed E-state index contributed by atoms with van der Waals surface area (Å²) in [6.07, 6.45) is 1.77. The fourth-order valence-corrected chi connectivity index (χ4v) is 3.83. The third kappa shape index (κ3) is 4.78. The van der Waals surface area contributed by atoms with Crippen molar-refractivity contribution in [2.24, 2.45) is 0 Å². The van der Waals surface area contributed by atoms with Crippen LogP contribution in [-0.2, 0) is 0 Å². The number of thioether (sulfide) groups is 1. The summed E-state index contributed by atoms with van der Waals surface area (Å²) in [6, 6.07) is 5.44. The molecule has 0 amide bonds. The van der Waals surface area contributed by atoms with Gasteiger partial charge in [0.05, 0.1) is 5.02 Å². The van der Waals surface area contributed by atoms with Gasteiger partial charge in [0.2, 0.25) is 0 Å². The molecule has 1 aromatic rings. The lowest BCUT2D eigenvalue weighted by molar-refractivity contribution is 0.0966. The van der Waals surface area contributed by atoms with Crippen LogP contribution < -0.4 is 0 Å². The number of carbonyl (C=O) groups excluding carboxylic acids is 1. The van der Waals surface area contributed by atoms with Gasteiger partial charge in [0.25, 0.3) is 0 Å². The molecule has 104 valence electrons. The Labute approximate surface area is 132 Å². The van der Waals surface area contributed by atoms with Gasteiger partial charge in [-0.05, 0) is 36.9 Å². The number of benzene rings is 1. The Bertz CT molecular complexity index is 447. The van der Waals surface area contributed by atoms with E-state index in [2.05, 4.69) is 20.8 Å². The molecule has 19 heavy (non-hydrogen) atoms. The molecule has 2 nitrogen and oxygen atoms in total. The normalized spacial score (nSPS) is 17.2. The summed E-state index contributed by atoms with van der Waals surface area (Å²) in [7, 11) is 0. The highest BCUT2D eigenvalue weighted by molar-refractivity contribution is 9.10. The van der Waals surface area contributed by atoms with Crippen LogP contribution in [-0.4, -0.2) is 41.8 Å². The predicted molar refractivity (Wildman–Crippen MR) is 86.5 cm³/mol. The number of halogens is 2. The molecule has 0 spiro atoms. The van der Waals surface area contributed by atoms with Crippen LogP contribution in [0.15, 0.2) is 22.7 Å². The molecule has 1 heterocycles. The molecule has 0 saturated carbocycles. The van der Waals surface area contributed by atoms with Gasteiger partial charge >= 0.3 is 0 Å². The first-order valence-electron chi connectivity index (χ1n) is 6.45. The van der Waals surface area contributed by atoms with Crippen molar-refractivity contribution in [3.05, 3.63) is 33.3 Å². The third-order valence-electron chi connectivity index (χ3n) is 3.20. The average Bonchev–Trinajstić information content (AvgIpc) is 2.64. The van der Waals surface area contributed by atoms with E-state index in [0.717, 1.165) is 24.1 Å². The molecule has 0 unspecified atom stereocenters. The number of carbonyl (C=O) groups is 1. The number of nitrogens with zero attached hydrogens (tertiary/aromatic N) is 1. The molecule has 5 heteroatoms. The Hall–Kier alpha value is -0.0300. The molecule has 2 rings (SSSR count). The van der Waals surface area contributed by atoms with E-state index in [4.69, 9.17) is 11.6 Å². The van der Waals surface area contributed by atoms with Crippen molar-refractivity contribution >= 4 is 45.1 Å². The summed E-state index contributed by atoms with van der Waals surface area (Å²) in [5.41, 5.74) is 0.633. The highest BCUT2D eigenvalue weighted by Crippen LogP contribution is 2.22. The molecule has 1 saturated heterocycles. The van der Waals surface area contributed by atoms with E-state index in [9.17, 15) is 4.79 Å². The van der Waals surface area contributed by atoms with Gasteiger partial charge in [0, 0.05) is 35.3 Å². The van der Waals surface area contributed by atoms with E-state index in [0.29, 0.717) is 17.0 Å². The van der Waals surface area contributed by atoms with Crippen molar-refractivity contribution in [2.75, 3.05) is 31.1 Å². The lowest BCUT2D eigenvalue weighted by atomic mass is 10.1. The minimum atomic E-state index is 0.134. The summed E-state index contributed by atoms with van der Waals surface area (Å²) in [6.45, 7) is 3.03. The fraction of sp³-hybridized carbons (Fsp3) is 0.500. The average molecular weight is 363 g/mol. The van der Waals surface area contributed by atoms with Gasteiger partial charge in [0.1, 0.15) is 0 Å². The zero-order valence-electron chi connectivity index (χ0n) is 10.7. The second-order valence-corrected chi connectivity index (χ2v) is 7.15. The van der Waals surface area contributed by atoms with Crippen molar-refractivity contribution < 1.29 is 4.79 Å². The molecule has 0 N–H and O–H groups in total. The van der Waals surface area contributed by atoms with Crippen LogP contribution in [0.2, 0.25) is 5.02 Å². The van der Waals surface area contributed by atoms with Crippen molar-refractivity contribution in [2.45, 2.75) is 12.8 Å². The molecule has 0 aliphatic carbocycles. The maximum Gasteiger partial charge on any atom is 0.165 e. The Morgan fingerprint density at radius 2 is 2.21 bits per heavy atom. The lowest BCUT2D eigenvalue weighted by Gasteiger charge is -2.18. The monoisotopic (exact) mass is 361 g/mol. The molecule has 1 aromatic carbocycles. The molecule has 1 aliphatic rings. The first kappa shape index (κ1) is 15.4. The summed E-state index contributed by atoms with van der Waals surface area (Å²) >= 11 is 11.5. The van der Waals surface area contributed by atoms with E-state index < -0.39 is 0 Å². The van der Waals surface area contributed by atoms with Gasteiger partial charge in [-0.25, -0.2) is 0 Å². The molecule has 0 bridgehead atoms. The predicted octanol–water partition coefficient (Wildman–Crippen LogP) is 4.11. The van der Waals surface area contributed by atoms with Gasteiger partial charge < -0.3 is 4.90 Å². The maximum atomic E-state index is 12.2. The van der Waals surface area contributed by atoms with Crippen molar-refractivity contribution in [3.8, 4) is 0 Å². The first-order chi connectivity index (χ1) is 9.16. The van der Waals surface area contributed by atoms with E-state index in [1.165, 1.54) is 17.9 Å². The van der Waals surface area contributed by atoms with Crippen LogP contribution in [0.4, 0.5) is 0 Å². The maximum absolute atomic E-state index is 12.2. The highest BCUT2D eigenvalue weighted by atomic mass is 79.9. The smallest absolute Gasteiger partial charge is 0.165 e. The van der Waals surface area contributed by atoms with E-state index in [1.807, 2.05) is 17.8 Å². The summed E-state index contributed by atoms with van der Waals surface area (Å²) in [4.78, 5) is 14.6. The number of ketones is 1. The summed E-state index contributed by atoms with van der Waals surface area (Å²) < 4.78 is 0.901. The van der Waals surface area contributed by atoms with Gasteiger partial charge in [-0.3, -0.25) is 4.79 Å². The quantitative estimate of drug-likeness (QED) is 0.752. The van der Waals surface area contributed by atoms with Crippen molar-refractivity contribution in [3.63, 3.8) is 0 Å².